The van der Waals surface area contributed by atoms with Crippen LogP contribution >= 0.6 is 11.6 Å². The third-order valence-electron chi connectivity index (χ3n) is 4.25. The van der Waals surface area contributed by atoms with Crippen LogP contribution in [-0.2, 0) is 0 Å². The van der Waals surface area contributed by atoms with Crippen molar-refractivity contribution in [3.63, 3.8) is 0 Å². The van der Waals surface area contributed by atoms with E-state index < -0.39 is 6.10 Å². The molecule has 1 unspecified atom stereocenters. The van der Waals surface area contributed by atoms with E-state index in [0.717, 1.165) is 32.1 Å². The van der Waals surface area contributed by atoms with Gasteiger partial charge >= 0.3 is 0 Å². The van der Waals surface area contributed by atoms with E-state index >= 15 is 0 Å². The van der Waals surface area contributed by atoms with Gasteiger partial charge in [0.25, 0.3) is 0 Å². The van der Waals surface area contributed by atoms with E-state index in [-0.39, 0.29) is 11.2 Å². The molecule has 0 bridgehead atoms. The molecule has 0 heterocycles. The minimum atomic E-state index is -0.666. The second-order valence-electron chi connectivity index (χ2n) is 6.24. The minimum absolute atomic E-state index is 0.133. The van der Waals surface area contributed by atoms with Crippen molar-refractivity contribution in [2.24, 2.45) is 11.3 Å². The van der Waals surface area contributed by atoms with Gasteiger partial charge in [0.1, 0.15) is 5.82 Å². The van der Waals surface area contributed by atoms with Crippen LogP contribution in [0.3, 0.4) is 0 Å². The molecule has 1 N–H and O–H groups in total. The molecule has 0 aliphatic heterocycles. The number of hydrogen-bond acceptors (Lipinski definition) is 1. The van der Waals surface area contributed by atoms with Gasteiger partial charge in [0, 0.05) is 16.0 Å². The lowest BCUT2D eigenvalue weighted by Crippen LogP contribution is -2.28. The molecule has 0 saturated heterocycles. The first-order valence-electron chi connectivity index (χ1n) is 7.08. The Balaban J connectivity index is 2.33. The van der Waals surface area contributed by atoms with Crippen molar-refractivity contribution >= 4 is 11.6 Å². The lowest BCUT2D eigenvalue weighted by molar-refractivity contribution is 0.0111. The van der Waals surface area contributed by atoms with Crippen molar-refractivity contribution in [2.45, 2.75) is 52.1 Å². The molecule has 1 aromatic carbocycles. The molecule has 2 rings (SSSR count). The zero-order valence-corrected chi connectivity index (χ0v) is 12.4. The van der Waals surface area contributed by atoms with Crippen molar-refractivity contribution in [3.8, 4) is 0 Å². The van der Waals surface area contributed by atoms with E-state index in [9.17, 15) is 9.50 Å². The highest BCUT2D eigenvalue weighted by Crippen LogP contribution is 2.52. The van der Waals surface area contributed by atoms with Crippen molar-refractivity contribution in [1.29, 1.82) is 0 Å². The molecule has 0 spiro atoms. The Morgan fingerprint density at radius 1 is 1.32 bits per heavy atom. The Bertz CT molecular complexity index is 438. The van der Waals surface area contributed by atoms with Crippen molar-refractivity contribution in [2.75, 3.05) is 0 Å². The summed E-state index contributed by atoms with van der Waals surface area (Å²) >= 11 is 6.14. The predicted molar refractivity (Wildman–Crippen MR) is 76.7 cm³/mol. The number of hydrogen-bond donors (Lipinski definition) is 1. The highest BCUT2D eigenvalue weighted by molar-refractivity contribution is 6.31. The van der Waals surface area contributed by atoms with Gasteiger partial charge in [-0.25, -0.2) is 4.39 Å². The number of rotatable bonds is 4. The van der Waals surface area contributed by atoms with E-state index in [4.69, 9.17) is 11.6 Å². The molecule has 0 amide bonds. The molecule has 1 aromatic rings. The van der Waals surface area contributed by atoms with Crippen LogP contribution in [0.5, 0.6) is 0 Å². The Morgan fingerprint density at radius 2 is 1.95 bits per heavy atom. The zero-order chi connectivity index (χ0) is 14.0. The molecule has 1 atom stereocenters. The first-order chi connectivity index (χ1) is 8.94. The van der Waals surface area contributed by atoms with Gasteiger partial charge in [0.05, 0.1) is 6.10 Å². The summed E-state index contributed by atoms with van der Waals surface area (Å²) in [4.78, 5) is 0. The Hall–Kier alpha value is -0.600. The van der Waals surface area contributed by atoms with Gasteiger partial charge < -0.3 is 5.11 Å². The van der Waals surface area contributed by atoms with Gasteiger partial charge in [-0.15, -0.1) is 0 Å². The summed E-state index contributed by atoms with van der Waals surface area (Å²) in [7, 11) is 0. The second-order valence-corrected chi connectivity index (χ2v) is 6.64. The minimum Gasteiger partial charge on any atom is -0.388 e. The van der Waals surface area contributed by atoms with Crippen LogP contribution < -0.4 is 0 Å². The number of aliphatic hydroxyl groups is 1. The third kappa shape index (κ3) is 3.11. The van der Waals surface area contributed by atoms with Gasteiger partial charge in [0.2, 0.25) is 0 Å². The predicted octanol–water partition coefficient (Wildman–Crippen LogP) is 5.12. The zero-order valence-electron chi connectivity index (χ0n) is 11.6. The van der Waals surface area contributed by atoms with E-state index in [1.54, 1.807) is 0 Å². The van der Waals surface area contributed by atoms with E-state index in [1.807, 2.05) is 0 Å². The van der Waals surface area contributed by atoms with Crippen LogP contribution in [0.25, 0.3) is 0 Å². The number of benzene rings is 1. The van der Waals surface area contributed by atoms with Crippen LogP contribution in [0.2, 0.25) is 5.02 Å². The summed E-state index contributed by atoms with van der Waals surface area (Å²) in [5.74, 6) is 0.177. The standard InChI is InChI=1S/C16H22ClFO/c1-11(2)10-16(7-3-4-8-16)15(19)13-9-12(18)5-6-14(13)17/h5-6,9,11,15,19H,3-4,7-8,10H2,1-2H3. The van der Waals surface area contributed by atoms with Crippen LogP contribution in [0.1, 0.15) is 57.6 Å². The van der Waals surface area contributed by atoms with Gasteiger partial charge in [0.15, 0.2) is 0 Å². The molecule has 19 heavy (non-hydrogen) atoms. The monoisotopic (exact) mass is 284 g/mol. The van der Waals surface area contributed by atoms with Gasteiger partial charge in [-0.3, -0.25) is 0 Å². The maximum atomic E-state index is 13.4. The maximum Gasteiger partial charge on any atom is 0.123 e. The molecule has 3 heteroatoms. The van der Waals surface area contributed by atoms with Gasteiger partial charge in [-0.05, 0) is 43.4 Å². The summed E-state index contributed by atoms with van der Waals surface area (Å²) in [6.07, 6.45) is 4.56. The highest BCUT2D eigenvalue weighted by atomic mass is 35.5. The first kappa shape index (κ1) is 14.8. The summed E-state index contributed by atoms with van der Waals surface area (Å²) in [6, 6.07) is 4.25. The Labute approximate surface area is 119 Å². The average Bonchev–Trinajstić information content (AvgIpc) is 2.80. The Morgan fingerprint density at radius 3 is 2.53 bits per heavy atom. The Kier molecular flexibility index (Phi) is 4.52. The van der Waals surface area contributed by atoms with Crippen molar-refractivity contribution < 1.29 is 9.50 Å². The molecular formula is C16H22ClFO. The maximum absolute atomic E-state index is 13.4. The largest absolute Gasteiger partial charge is 0.388 e. The molecule has 1 nitrogen and oxygen atoms in total. The van der Waals surface area contributed by atoms with E-state index in [2.05, 4.69) is 13.8 Å². The summed E-state index contributed by atoms with van der Waals surface area (Å²) in [6.45, 7) is 4.33. The number of aliphatic hydroxyl groups excluding tert-OH is 1. The summed E-state index contributed by atoms with van der Waals surface area (Å²) in [5, 5.41) is 11.2. The molecule has 106 valence electrons. The molecular weight excluding hydrogens is 263 g/mol. The third-order valence-corrected chi connectivity index (χ3v) is 4.59. The van der Waals surface area contributed by atoms with Crippen LogP contribution in [0, 0.1) is 17.2 Å². The van der Waals surface area contributed by atoms with Crippen molar-refractivity contribution in [3.05, 3.63) is 34.6 Å². The molecule has 1 saturated carbocycles. The SMILES string of the molecule is CC(C)CC1(C(O)c2cc(F)ccc2Cl)CCCC1. The smallest absolute Gasteiger partial charge is 0.123 e. The average molecular weight is 285 g/mol. The normalized spacial score (nSPS) is 19.9. The summed E-state index contributed by atoms with van der Waals surface area (Å²) in [5.41, 5.74) is 0.412. The highest BCUT2D eigenvalue weighted by Gasteiger charge is 2.42. The lowest BCUT2D eigenvalue weighted by Gasteiger charge is -2.36. The fourth-order valence-electron chi connectivity index (χ4n) is 3.54. The second kappa shape index (κ2) is 5.80. The molecule has 1 aliphatic carbocycles. The van der Waals surface area contributed by atoms with E-state index in [1.165, 1.54) is 18.2 Å². The fraction of sp³-hybridized carbons (Fsp3) is 0.625. The molecule has 0 aromatic heterocycles. The quantitative estimate of drug-likeness (QED) is 0.814. The number of halogens is 2. The van der Waals surface area contributed by atoms with E-state index in [0.29, 0.717) is 16.5 Å². The summed E-state index contributed by atoms with van der Waals surface area (Å²) < 4.78 is 13.4. The van der Waals surface area contributed by atoms with Gasteiger partial charge in [-0.1, -0.05) is 38.3 Å². The molecule has 1 fully saturated rings. The fourth-order valence-corrected chi connectivity index (χ4v) is 3.76. The van der Waals surface area contributed by atoms with Gasteiger partial charge in [-0.2, -0.15) is 0 Å². The molecule has 0 radical (unpaired) electrons. The topological polar surface area (TPSA) is 20.2 Å². The van der Waals surface area contributed by atoms with Crippen LogP contribution in [-0.4, -0.2) is 5.11 Å². The van der Waals surface area contributed by atoms with Crippen LogP contribution in [0.4, 0.5) is 4.39 Å². The molecule has 1 aliphatic rings. The lowest BCUT2D eigenvalue weighted by atomic mass is 9.72. The first-order valence-corrected chi connectivity index (χ1v) is 7.45. The van der Waals surface area contributed by atoms with Crippen LogP contribution in [0.15, 0.2) is 18.2 Å². The van der Waals surface area contributed by atoms with Crippen molar-refractivity contribution in [1.82, 2.24) is 0 Å².